The van der Waals surface area contributed by atoms with E-state index in [4.69, 9.17) is 40.0 Å². The summed E-state index contributed by atoms with van der Waals surface area (Å²) in [6, 6.07) is 7.87. The highest BCUT2D eigenvalue weighted by Crippen LogP contribution is 2.21. The number of carboxylic acids is 2. The summed E-state index contributed by atoms with van der Waals surface area (Å²) in [6.45, 7) is 7.07. The highest BCUT2D eigenvalue weighted by Gasteiger charge is 2.38. The SMILES string of the molecule is COCCOc1ccc(/N=C(/NCCCN)N2CCCC(C)C2)cc1.O=C(O)C(F)(F)F.O=C(O)C(F)(F)F. The van der Waals surface area contributed by atoms with Crippen LogP contribution in [0.2, 0.25) is 0 Å². The van der Waals surface area contributed by atoms with Gasteiger partial charge in [0.05, 0.1) is 12.3 Å². The first-order valence-electron chi connectivity index (χ1n) is 11.7. The van der Waals surface area contributed by atoms with Crippen LogP contribution in [0.15, 0.2) is 29.3 Å². The van der Waals surface area contributed by atoms with E-state index in [2.05, 4.69) is 17.1 Å². The summed E-state index contributed by atoms with van der Waals surface area (Å²) in [5.74, 6) is -3.03. The maximum Gasteiger partial charge on any atom is 0.490 e. The monoisotopic (exact) mass is 576 g/mol. The Hall–Kier alpha value is -3.27. The van der Waals surface area contributed by atoms with Crippen LogP contribution in [0.3, 0.4) is 0 Å². The van der Waals surface area contributed by atoms with Crippen molar-refractivity contribution in [3.05, 3.63) is 24.3 Å². The number of carboxylic acid groups (broad SMARTS) is 2. The second-order valence-corrected chi connectivity index (χ2v) is 8.14. The highest BCUT2D eigenvalue weighted by atomic mass is 19.4. The maximum atomic E-state index is 10.6. The summed E-state index contributed by atoms with van der Waals surface area (Å²) >= 11 is 0. The number of halogens is 6. The Morgan fingerprint density at radius 1 is 1.08 bits per heavy atom. The number of rotatable bonds is 8. The third kappa shape index (κ3) is 17.0. The summed E-state index contributed by atoms with van der Waals surface area (Å²) in [5.41, 5.74) is 6.54. The van der Waals surface area contributed by atoms with Crippen LogP contribution < -0.4 is 15.8 Å². The number of guanidine groups is 1. The Kier molecular flexibility index (Phi) is 16.6. The topological polar surface area (TPSA) is 147 Å². The van der Waals surface area contributed by atoms with Crippen LogP contribution in [0.5, 0.6) is 5.75 Å². The van der Waals surface area contributed by atoms with Crippen molar-refractivity contribution in [3.63, 3.8) is 0 Å². The van der Waals surface area contributed by atoms with Crippen LogP contribution in [0, 0.1) is 5.92 Å². The van der Waals surface area contributed by atoms with Gasteiger partial charge in [-0.3, -0.25) is 0 Å². The number of nitrogens with one attached hydrogen (secondary N) is 1. The molecule has 1 unspecified atom stereocenters. The Labute approximate surface area is 221 Å². The summed E-state index contributed by atoms with van der Waals surface area (Å²) < 4.78 is 74.1. The van der Waals surface area contributed by atoms with Crippen LogP contribution in [0.1, 0.15) is 26.2 Å². The molecule has 0 saturated carbocycles. The Morgan fingerprint density at radius 3 is 2.05 bits per heavy atom. The number of aliphatic imine (C=N–C) groups is 1. The smallest absolute Gasteiger partial charge is 0.490 e. The second-order valence-electron chi connectivity index (χ2n) is 8.14. The van der Waals surface area contributed by atoms with Gasteiger partial charge in [-0.2, -0.15) is 26.3 Å². The van der Waals surface area contributed by atoms with Gasteiger partial charge in [-0.25, -0.2) is 14.6 Å². The van der Waals surface area contributed by atoms with Gasteiger partial charge in [0, 0.05) is 26.7 Å². The third-order valence-electron chi connectivity index (χ3n) is 4.73. The molecular formula is C23H34F6N4O6. The predicted octanol–water partition coefficient (Wildman–Crippen LogP) is 3.64. The number of carbonyl (C=O) groups is 2. The molecule has 16 heteroatoms. The molecule has 1 aromatic rings. The average Bonchev–Trinajstić information content (AvgIpc) is 2.84. The lowest BCUT2D eigenvalue weighted by atomic mass is 10.0. The molecular weight excluding hydrogens is 542 g/mol. The second kappa shape index (κ2) is 18.1. The van der Waals surface area contributed by atoms with Crippen LogP contribution >= 0.6 is 0 Å². The molecule has 1 aliphatic heterocycles. The predicted molar refractivity (Wildman–Crippen MR) is 130 cm³/mol. The summed E-state index contributed by atoms with van der Waals surface area (Å²) in [7, 11) is 1.67. The lowest BCUT2D eigenvalue weighted by molar-refractivity contribution is -0.193. The molecule has 2 rings (SSSR count). The summed E-state index contributed by atoms with van der Waals surface area (Å²) in [4.78, 5) is 25.0. The van der Waals surface area contributed by atoms with E-state index in [9.17, 15) is 26.3 Å². The van der Waals surface area contributed by atoms with Crippen LogP contribution in [0.25, 0.3) is 0 Å². The van der Waals surface area contributed by atoms with Crippen LogP contribution in [-0.2, 0) is 14.3 Å². The van der Waals surface area contributed by atoms with Crippen molar-refractivity contribution >= 4 is 23.6 Å². The number of likely N-dealkylation sites (tertiary alicyclic amines) is 1. The first-order valence-corrected chi connectivity index (χ1v) is 11.7. The molecule has 1 fully saturated rings. The number of hydrogen-bond acceptors (Lipinski definition) is 6. The van der Waals surface area contributed by atoms with Gasteiger partial charge in [-0.1, -0.05) is 6.92 Å². The average molecular weight is 577 g/mol. The molecule has 1 atom stereocenters. The molecule has 224 valence electrons. The van der Waals surface area contributed by atoms with Crippen molar-refractivity contribution in [2.45, 2.75) is 38.5 Å². The van der Waals surface area contributed by atoms with Gasteiger partial charge in [0.2, 0.25) is 0 Å². The van der Waals surface area contributed by atoms with Crippen molar-refractivity contribution < 1.29 is 55.6 Å². The fourth-order valence-corrected chi connectivity index (χ4v) is 2.89. The standard InChI is InChI=1S/C19H32N4O2.2C2HF3O2/c1-16-5-3-12-23(15-16)19(21-11-4-10-20)22-17-6-8-18(9-7-17)25-14-13-24-2;2*3-2(4,5)1(6)7/h6-9,16H,3-5,10-15,20H2,1-2H3,(H,21,22);2*(H,6,7). The van der Waals surface area contributed by atoms with Gasteiger partial charge in [0.15, 0.2) is 5.96 Å². The minimum Gasteiger partial charge on any atom is -0.491 e. The molecule has 5 N–H and O–H groups in total. The van der Waals surface area contributed by atoms with E-state index < -0.39 is 24.3 Å². The molecule has 10 nitrogen and oxygen atoms in total. The number of hydrogen-bond donors (Lipinski definition) is 4. The van der Waals surface area contributed by atoms with E-state index in [0.29, 0.717) is 25.7 Å². The molecule has 0 amide bonds. The molecule has 1 aromatic carbocycles. The molecule has 0 aromatic heterocycles. The van der Waals surface area contributed by atoms with E-state index in [-0.39, 0.29) is 0 Å². The molecule has 1 heterocycles. The number of ether oxygens (including phenoxy) is 2. The van der Waals surface area contributed by atoms with Crippen molar-refractivity contribution in [1.29, 1.82) is 0 Å². The van der Waals surface area contributed by atoms with Gasteiger partial charge in [-0.15, -0.1) is 0 Å². The number of nitrogens with two attached hydrogens (primary N) is 1. The zero-order valence-electron chi connectivity index (χ0n) is 21.5. The van der Waals surface area contributed by atoms with E-state index in [1.165, 1.54) is 12.8 Å². The zero-order chi connectivity index (χ0) is 30.1. The number of aliphatic carboxylic acids is 2. The zero-order valence-corrected chi connectivity index (χ0v) is 21.5. The number of nitrogens with zero attached hydrogens (tertiary/aromatic N) is 2. The first kappa shape index (κ1) is 35.7. The quantitative estimate of drug-likeness (QED) is 0.158. The van der Waals surface area contributed by atoms with E-state index >= 15 is 0 Å². The number of methoxy groups -OCH3 is 1. The van der Waals surface area contributed by atoms with E-state index in [1.807, 2.05) is 24.3 Å². The highest BCUT2D eigenvalue weighted by molar-refractivity contribution is 5.83. The maximum absolute atomic E-state index is 10.6. The molecule has 1 aliphatic rings. The Morgan fingerprint density at radius 2 is 1.62 bits per heavy atom. The van der Waals surface area contributed by atoms with Crippen molar-refractivity contribution in [3.8, 4) is 5.75 Å². The van der Waals surface area contributed by atoms with Gasteiger partial charge >= 0.3 is 24.3 Å². The van der Waals surface area contributed by atoms with Gasteiger partial charge < -0.3 is 35.6 Å². The number of benzene rings is 1. The lowest BCUT2D eigenvalue weighted by Gasteiger charge is -2.33. The Bertz CT molecular complexity index is 857. The first-order chi connectivity index (χ1) is 18.1. The normalized spacial score (nSPS) is 15.8. The van der Waals surface area contributed by atoms with E-state index in [1.54, 1.807) is 7.11 Å². The van der Waals surface area contributed by atoms with E-state index in [0.717, 1.165) is 43.5 Å². The number of alkyl halides is 6. The summed E-state index contributed by atoms with van der Waals surface area (Å²) in [6.07, 6.45) is -6.72. The van der Waals surface area contributed by atoms with Gasteiger partial charge in [0.25, 0.3) is 0 Å². The molecule has 0 spiro atoms. The van der Waals surface area contributed by atoms with Crippen molar-refractivity contribution in [2.75, 3.05) is 46.5 Å². The molecule has 1 saturated heterocycles. The fourth-order valence-electron chi connectivity index (χ4n) is 2.89. The van der Waals surface area contributed by atoms with Gasteiger partial charge in [0.1, 0.15) is 12.4 Å². The molecule has 0 radical (unpaired) electrons. The summed E-state index contributed by atoms with van der Waals surface area (Å²) in [5, 5.41) is 17.7. The third-order valence-corrected chi connectivity index (χ3v) is 4.73. The largest absolute Gasteiger partial charge is 0.491 e. The van der Waals surface area contributed by atoms with Crippen LogP contribution in [0.4, 0.5) is 32.0 Å². The van der Waals surface area contributed by atoms with Gasteiger partial charge in [-0.05, 0) is 56.0 Å². The molecule has 0 aliphatic carbocycles. The lowest BCUT2D eigenvalue weighted by Crippen LogP contribution is -2.46. The minimum atomic E-state index is -5.08. The fraction of sp³-hybridized carbons (Fsp3) is 0.609. The van der Waals surface area contributed by atoms with Crippen LogP contribution in [-0.4, -0.2) is 91.9 Å². The number of piperidine rings is 1. The molecule has 39 heavy (non-hydrogen) atoms. The van der Waals surface area contributed by atoms with Crippen molar-refractivity contribution in [2.24, 2.45) is 16.6 Å². The Balaban J connectivity index is 0.000000848. The minimum absolute atomic E-state index is 0.552. The van der Waals surface area contributed by atoms with Crippen molar-refractivity contribution in [1.82, 2.24) is 10.2 Å². The molecule has 0 bridgehead atoms.